The third kappa shape index (κ3) is 2.69. The molecule has 114 valence electrons. The van der Waals surface area contributed by atoms with Crippen LogP contribution in [0, 0.1) is 0 Å². The van der Waals surface area contributed by atoms with Gasteiger partial charge in [-0.15, -0.1) is 0 Å². The van der Waals surface area contributed by atoms with Crippen LogP contribution in [-0.4, -0.2) is 32.1 Å². The summed E-state index contributed by atoms with van der Waals surface area (Å²) in [6, 6.07) is 9.12. The summed E-state index contributed by atoms with van der Waals surface area (Å²) in [6.07, 6.45) is 4.11. The lowest BCUT2D eigenvalue weighted by Gasteiger charge is -2.38. The summed E-state index contributed by atoms with van der Waals surface area (Å²) in [4.78, 5) is 4.71. The van der Waals surface area contributed by atoms with Gasteiger partial charge in [-0.3, -0.25) is 0 Å². The van der Waals surface area contributed by atoms with Gasteiger partial charge in [0, 0.05) is 18.2 Å². The van der Waals surface area contributed by atoms with E-state index in [1.807, 2.05) is 6.07 Å². The van der Waals surface area contributed by atoms with Crippen LogP contribution in [0.15, 0.2) is 29.3 Å². The zero-order valence-corrected chi connectivity index (χ0v) is 12.9. The van der Waals surface area contributed by atoms with Gasteiger partial charge in [-0.1, -0.05) is 12.1 Å². The first-order valence-electron chi connectivity index (χ1n) is 7.78. The zero-order chi connectivity index (χ0) is 15.0. The summed E-state index contributed by atoms with van der Waals surface area (Å²) in [6.45, 7) is 0. The van der Waals surface area contributed by atoms with Crippen LogP contribution in [0.5, 0.6) is 0 Å². The molecule has 1 unspecified atom stereocenters. The molecule has 3 rings (SSSR count). The Morgan fingerprint density at radius 2 is 1.76 bits per heavy atom. The molecule has 5 N–H and O–H groups in total. The molecular weight excluding hydrogens is 262 g/mol. The number of benzene rings is 1. The van der Waals surface area contributed by atoms with Gasteiger partial charge in [0.25, 0.3) is 0 Å². The fourth-order valence-electron chi connectivity index (χ4n) is 3.35. The zero-order valence-electron chi connectivity index (χ0n) is 12.9. The Labute approximate surface area is 126 Å². The van der Waals surface area contributed by atoms with Crippen LogP contribution in [-0.2, 0) is 0 Å². The van der Waals surface area contributed by atoms with Gasteiger partial charge in [-0.05, 0) is 31.7 Å². The summed E-state index contributed by atoms with van der Waals surface area (Å²) in [5.74, 6) is 0.960. The fourth-order valence-corrected chi connectivity index (χ4v) is 3.35. The predicted octanol–water partition coefficient (Wildman–Crippen LogP) is 1.44. The minimum Gasteiger partial charge on any atom is -0.328 e. The van der Waals surface area contributed by atoms with Crippen LogP contribution in [0.25, 0.3) is 0 Å². The summed E-state index contributed by atoms with van der Waals surface area (Å²) in [5.41, 5.74) is 14.5. The maximum Gasteiger partial charge on any atom is 0.304 e. The van der Waals surface area contributed by atoms with Crippen LogP contribution >= 0.6 is 0 Å². The van der Waals surface area contributed by atoms with Crippen molar-refractivity contribution in [1.82, 2.24) is 9.80 Å². The topological polar surface area (TPSA) is 76.4 Å². The number of aliphatic imine (C=N–C) groups is 1. The normalized spacial score (nSPS) is 31.2. The minimum absolute atomic E-state index is 0.277. The summed E-state index contributed by atoms with van der Waals surface area (Å²) >= 11 is 0. The molecule has 0 radical (unpaired) electrons. The number of fused-ring (bicyclic) bond motifs is 1. The van der Waals surface area contributed by atoms with Crippen LogP contribution in [0.3, 0.4) is 0 Å². The van der Waals surface area contributed by atoms with E-state index in [-0.39, 0.29) is 6.17 Å². The van der Waals surface area contributed by atoms with Crippen molar-refractivity contribution in [1.29, 1.82) is 0 Å². The highest BCUT2D eigenvalue weighted by Gasteiger charge is 2.37. The van der Waals surface area contributed by atoms with Gasteiger partial charge in [0.1, 0.15) is 11.9 Å². The van der Waals surface area contributed by atoms with Crippen LogP contribution in [0.2, 0.25) is 0 Å². The van der Waals surface area contributed by atoms with E-state index in [2.05, 4.69) is 37.6 Å². The minimum atomic E-state index is -0.277. The first-order valence-corrected chi connectivity index (χ1v) is 7.78. The Bertz CT molecular complexity index is 543. The van der Waals surface area contributed by atoms with Gasteiger partial charge >= 0.3 is 5.96 Å². The van der Waals surface area contributed by atoms with Crippen molar-refractivity contribution in [2.45, 2.75) is 43.9 Å². The van der Waals surface area contributed by atoms with Crippen molar-refractivity contribution in [2.24, 2.45) is 16.5 Å². The smallest absolute Gasteiger partial charge is 0.304 e. The third-order valence-electron chi connectivity index (χ3n) is 4.75. The standard InChI is InChI=1S/C16H26N5/c1-21(2)14-6-4-3-5-13(14)15(18)20-16(21)19-12-9-7-11(17)8-10-12/h3-6,11-12,15H,7-10,17-18H2,1-2H3,(H,19,20)/q+1. The molecule has 0 amide bonds. The summed E-state index contributed by atoms with van der Waals surface area (Å²) in [5, 5.41) is 3.63. The van der Waals surface area contributed by atoms with Crippen molar-refractivity contribution < 1.29 is 0 Å². The molecule has 1 fully saturated rings. The fraction of sp³-hybridized carbons (Fsp3) is 0.562. The second-order valence-corrected chi connectivity index (χ2v) is 6.67. The highest BCUT2D eigenvalue weighted by Crippen LogP contribution is 2.33. The lowest BCUT2D eigenvalue weighted by molar-refractivity contribution is 0.361. The average Bonchev–Trinajstić information content (AvgIpc) is 2.47. The molecule has 5 nitrogen and oxygen atoms in total. The van der Waals surface area contributed by atoms with E-state index in [9.17, 15) is 0 Å². The van der Waals surface area contributed by atoms with Gasteiger partial charge in [0.2, 0.25) is 0 Å². The van der Waals surface area contributed by atoms with E-state index in [1.165, 1.54) is 5.69 Å². The molecule has 5 heteroatoms. The number of hydrogen-bond acceptors (Lipinski definition) is 4. The molecular formula is C16H26N5+. The second-order valence-electron chi connectivity index (χ2n) is 6.67. The van der Waals surface area contributed by atoms with Crippen LogP contribution < -0.4 is 21.3 Å². The molecule has 1 heterocycles. The molecule has 1 saturated carbocycles. The molecule has 0 aromatic heterocycles. The number of hydrogen-bond donors (Lipinski definition) is 3. The highest BCUT2D eigenvalue weighted by atomic mass is 15.5. The molecule has 2 aliphatic rings. The van der Waals surface area contributed by atoms with Crippen molar-refractivity contribution in [3.63, 3.8) is 0 Å². The van der Waals surface area contributed by atoms with Gasteiger partial charge in [-0.2, -0.15) is 4.99 Å². The molecule has 0 bridgehead atoms. The van der Waals surface area contributed by atoms with Gasteiger partial charge in [0.05, 0.1) is 19.7 Å². The lowest BCUT2D eigenvalue weighted by atomic mass is 9.92. The van der Waals surface area contributed by atoms with E-state index in [0.29, 0.717) is 16.6 Å². The quantitative estimate of drug-likeness (QED) is 0.684. The molecule has 0 spiro atoms. The Kier molecular flexibility index (Phi) is 3.73. The molecule has 1 aliphatic heterocycles. The highest BCUT2D eigenvalue weighted by molar-refractivity contribution is 5.93. The first-order chi connectivity index (χ1) is 9.98. The number of nitrogens with one attached hydrogen (secondary N) is 1. The van der Waals surface area contributed by atoms with Gasteiger partial charge in [0.15, 0.2) is 0 Å². The number of nitrogens with two attached hydrogens (primary N) is 2. The Morgan fingerprint density at radius 3 is 2.48 bits per heavy atom. The number of nitrogens with zero attached hydrogens (tertiary/aromatic N) is 2. The van der Waals surface area contributed by atoms with E-state index >= 15 is 0 Å². The maximum atomic E-state index is 6.23. The summed E-state index contributed by atoms with van der Waals surface area (Å²) < 4.78 is 0.617. The van der Waals surface area contributed by atoms with Crippen LogP contribution in [0.1, 0.15) is 37.4 Å². The third-order valence-corrected chi connectivity index (χ3v) is 4.75. The largest absolute Gasteiger partial charge is 0.328 e. The second kappa shape index (κ2) is 5.40. The van der Waals surface area contributed by atoms with E-state index < -0.39 is 0 Å². The maximum absolute atomic E-state index is 6.23. The molecule has 1 aromatic carbocycles. The Balaban J connectivity index is 1.83. The number of guanidine groups is 1. The van der Waals surface area contributed by atoms with Crippen LogP contribution in [0.4, 0.5) is 5.69 Å². The SMILES string of the molecule is C[N+]1(C)C(NC2CCC(N)CC2)=NC(N)c2ccccc21. The number of quaternary nitrogens is 1. The van der Waals surface area contributed by atoms with Gasteiger partial charge in [-0.25, -0.2) is 4.48 Å². The monoisotopic (exact) mass is 288 g/mol. The lowest BCUT2D eigenvalue weighted by Crippen LogP contribution is -2.59. The average molecular weight is 288 g/mol. The van der Waals surface area contributed by atoms with Crippen molar-refractivity contribution in [2.75, 3.05) is 14.1 Å². The van der Waals surface area contributed by atoms with Crippen molar-refractivity contribution >= 4 is 11.6 Å². The molecule has 21 heavy (non-hydrogen) atoms. The molecule has 0 saturated heterocycles. The molecule has 1 atom stereocenters. The summed E-state index contributed by atoms with van der Waals surface area (Å²) in [7, 11) is 4.32. The Morgan fingerprint density at radius 1 is 1.10 bits per heavy atom. The van der Waals surface area contributed by atoms with Crippen molar-refractivity contribution in [3.8, 4) is 0 Å². The molecule has 1 aliphatic carbocycles. The van der Waals surface area contributed by atoms with E-state index in [4.69, 9.17) is 16.5 Å². The number of para-hydroxylation sites is 1. The van der Waals surface area contributed by atoms with E-state index in [1.54, 1.807) is 0 Å². The predicted molar refractivity (Wildman–Crippen MR) is 87.8 cm³/mol. The van der Waals surface area contributed by atoms with Gasteiger partial charge < -0.3 is 16.8 Å². The number of rotatable bonds is 1. The van der Waals surface area contributed by atoms with E-state index in [0.717, 1.165) is 37.2 Å². The van der Waals surface area contributed by atoms with Crippen molar-refractivity contribution in [3.05, 3.63) is 29.8 Å². The Hall–Kier alpha value is -1.43. The molecule has 1 aromatic rings. The first kappa shape index (κ1) is 14.5.